The molecule has 136 valence electrons. The van der Waals surface area contributed by atoms with E-state index >= 15 is 0 Å². The van der Waals surface area contributed by atoms with Gasteiger partial charge in [0.25, 0.3) is 5.91 Å². The number of furan rings is 1. The fourth-order valence-electron chi connectivity index (χ4n) is 2.16. The average molecular weight is 365 g/mol. The third kappa shape index (κ3) is 4.93. The molecule has 1 amide bonds. The second-order valence-corrected chi connectivity index (χ2v) is 6.29. The fourth-order valence-corrected chi connectivity index (χ4v) is 3.10. The van der Waals surface area contributed by atoms with E-state index in [9.17, 15) is 9.59 Å². The van der Waals surface area contributed by atoms with Crippen LogP contribution in [-0.4, -0.2) is 31.2 Å². The smallest absolute Gasteiger partial charge is 0.341 e. The number of carbonyl (C=O) groups excluding carboxylic acids is 2. The van der Waals surface area contributed by atoms with Crippen LogP contribution < -0.4 is 5.32 Å². The molecule has 0 aliphatic rings. The maximum Gasteiger partial charge on any atom is 0.341 e. The summed E-state index contributed by atoms with van der Waals surface area (Å²) >= 11 is 1.25. The van der Waals surface area contributed by atoms with Gasteiger partial charge in [0.15, 0.2) is 0 Å². The molecule has 1 unspecified atom stereocenters. The fraction of sp³-hybridized carbons (Fsp3) is 0.444. The first-order chi connectivity index (χ1) is 12.1. The monoisotopic (exact) mass is 365 g/mol. The molecule has 2 aromatic rings. The van der Waals surface area contributed by atoms with E-state index in [0.717, 1.165) is 12.8 Å². The van der Waals surface area contributed by atoms with Crippen molar-refractivity contribution in [3.8, 4) is 11.3 Å². The maximum absolute atomic E-state index is 12.4. The second kappa shape index (κ2) is 9.39. The molecule has 0 fully saturated rings. The molecule has 25 heavy (non-hydrogen) atoms. The van der Waals surface area contributed by atoms with Gasteiger partial charge in [-0.3, -0.25) is 4.79 Å². The van der Waals surface area contributed by atoms with Gasteiger partial charge in [0.2, 0.25) is 0 Å². The molecule has 0 bridgehead atoms. The van der Waals surface area contributed by atoms with Gasteiger partial charge in [0.05, 0.1) is 12.9 Å². The minimum Gasteiger partial charge on any atom is -0.464 e. The van der Waals surface area contributed by atoms with E-state index < -0.39 is 12.1 Å². The minimum atomic E-state index is -0.601. The number of carbonyl (C=O) groups is 2. The number of unbranched alkanes of at least 4 members (excludes halogenated alkanes) is 1. The van der Waals surface area contributed by atoms with Crippen molar-refractivity contribution < 1.29 is 23.5 Å². The summed E-state index contributed by atoms with van der Waals surface area (Å²) in [5, 5.41) is 4.97. The minimum absolute atomic E-state index is 0.246. The quantitative estimate of drug-likeness (QED) is 0.529. The lowest BCUT2D eigenvalue weighted by atomic mass is 10.1. The van der Waals surface area contributed by atoms with Gasteiger partial charge in [-0.15, -0.1) is 11.3 Å². The van der Waals surface area contributed by atoms with Crippen LogP contribution in [0.15, 0.2) is 28.2 Å². The normalized spacial score (nSPS) is 12.0. The molecule has 7 heteroatoms. The predicted molar refractivity (Wildman–Crippen MR) is 96.9 cm³/mol. The number of rotatable bonds is 9. The van der Waals surface area contributed by atoms with Crippen molar-refractivity contribution in [2.45, 2.75) is 39.7 Å². The van der Waals surface area contributed by atoms with Crippen molar-refractivity contribution in [3.63, 3.8) is 0 Å². The molecule has 0 aliphatic heterocycles. The molecule has 1 N–H and O–H groups in total. The third-order valence-corrected chi connectivity index (χ3v) is 4.42. The molecule has 6 nitrogen and oxygen atoms in total. The van der Waals surface area contributed by atoms with Crippen molar-refractivity contribution in [2.24, 2.45) is 0 Å². The lowest BCUT2D eigenvalue weighted by Gasteiger charge is -2.13. The van der Waals surface area contributed by atoms with E-state index in [0.29, 0.717) is 28.5 Å². The highest BCUT2D eigenvalue weighted by atomic mass is 32.1. The van der Waals surface area contributed by atoms with Crippen LogP contribution in [0, 0.1) is 0 Å². The highest BCUT2D eigenvalue weighted by molar-refractivity contribution is 7.15. The van der Waals surface area contributed by atoms with Crippen molar-refractivity contribution >= 4 is 28.2 Å². The van der Waals surface area contributed by atoms with E-state index in [1.807, 2.05) is 0 Å². The van der Waals surface area contributed by atoms with Gasteiger partial charge in [-0.1, -0.05) is 13.3 Å². The summed E-state index contributed by atoms with van der Waals surface area (Å²) in [5.41, 5.74) is 0.902. The van der Waals surface area contributed by atoms with Gasteiger partial charge in [0.1, 0.15) is 22.4 Å². The van der Waals surface area contributed by atoms with Crippen LogP contribution >= 0.6 is 11.3 Å². The lowest BCUT2D eigenvalue weighted by Crippen LogP contribution is -2.28. The lowest BCUT2D eigenvalue weighted by molar-refractivity contribution is -0.126. The molecule has 0 radical (unpaired) electrons. The van der Waals surface area contributed by atoms with Crippen molar-refractivity contribution in [1.82, 2.24) is 0 Å². The SMILES string of the molecule is CCCCOC(C)C(=O)Nc1scc(-c2ccco2)c1C(=O)OCC. The van der Waals surface area contributed by atoms with E-state index in [4.69, 9.17) is 13.9 Å². The van der Waals surface area contributed by atoms with Gasteiger partial charge in [-0.2, -0.15) is 0 Å². The highest BCUT2D eigenvalue weighted by Gasteiger charge is 2.25. The Morgan fingerprint density at radius 3 is 2.80 bits per heavy atom. The summed E-state index contributed by atoms with van der Waals surface area (Å²) in [4.78, 5) is 24.7. The Bertz CT molecular complexity index is 692. The van der Waals surface area contributed by atoms with E-state index in [1.165, 1.54) is 17.6 Å². The Balaban J connectivity index is 2.20. The zero-order chi connectivity index (χ0) is 18.2. The molecular formula is C18H23NO5S. The van der Waals surface area contributed by atoms with E-state index in [1.54, 1.807) is 31.4 Å². The summed E-state index contributed by atoms with van der Waals surface area (Å²) < 4.78 is 16.0. The van der Waals surface area contributed by atoms with Gasteiger partial charge in [0, 0.05) is 17.6 Å². The Morgan fingerprint density at radius 2 is 2.16 bits per heavy atom. The van der Waals surface area contributed by atoms with Crippen LogP contribution in [0.5, 0.6) is 0 Å². The first-order valence-corrected chi connectivity index (χ1v) is 9.21. The highest BCUT2D eigenvalue weighted by Crippen LogP contribution is 2.36. The molecule has 0 spiro atoms. The van der Waals surface area contributed by atoms with Crippen molar-refractivity contribution in [2.75, 3.05) is 18.5 Å². The third-order valence-electron chi connectivity index (χ3n) is 3.53. The summed E-state index contributed by atoms with van der Waals surface area (Å²) in [6, 6.07) is 3.50. The molecular weight excluding hydrogens is 342 g/mol. The first kappa shape index (κ1) is 19.2. The van der Waals surface area contributed by atoms with Crippen LogP contribution in [0.25, 0.3) is 11.3 Å². The van der Waals surface area contributed by atoms with E-state index in [2.05, 4.69) is 12.2 Å². The number of hydrogen-bond donors (Lipinski definition) is 1. The maximum atomic E-state index is 12.4. The van der Waals surface area contributed by atoms with Gasteiger partial charge in [-0.05, 0) is 32.4 Å². The topological polar surface area (TPSA) is 77.8 Å². The van der Waals surface area contributed by atoms with Crippen molar-refractivity contribution in [1.29, 1.82) is 0 Å². The number of esters is 1. The number of ether oxygens (including phenoxy) is 2. The Morgan fingerprint density at radius 1 is 1.36 bits per heavy atom. The zero-order valence-electron chi connectivity index (χ0n) is 14.7. The summed E-state index contributed by atoms with van der Waals surface area (Å²) in [7, 11) is 0. The number of amides is 1. The molecule has 1 atom stereocenters. The molecule has 0 aliphatic carbocycles. The molecule has 0 saturated heterocycles. The summed E-state index contributed by atoms with van der Waals surface area (Å²) in [6.07, 6.45) is 2.83. The van der Waals surface area contributed by atoms with Crippen LogP contribution in [0.2, 0.25) is 0 Å². The standard InChI is InChI=1S/C18H23NO5S/c1-4-6-9-23-12(3)16(20)19-17-15(18(21)22-5-2)13(11-25-17)14-8-7-10-24-14/h7-8,10-12H,4-6,9H2,1-3H3,(H,19,20). The number of thiophene rings is 1. The number of anilines is 1. The van der Waals surface area contributed by atoms with Gasteiger partial charge >= 0.3 is 5.97 Å². The Hall–Kier alpha value is -2.12. The summed E-state index contributed by atoms with van der Waals surface area (Å²) in [6.45, 7) is 6.25. The molecule has 2 heterocycles. The number of nitrogens with one attached hydrogen (secondary N) is 1. The van der Waals surface area contributed by atoms with Crippen LogP contribution in [0.1, 0.15) is 44.0 Å². The first-order valence-electron chi connectivity index (χ1n) is 8.33. The molecule has 0 saturated carbocycles. The van der Waals surface area contributed by atoms with Gasteiger partial charge in [-0.25, -0.2) is 4.79 Å². The summed E-state index contributed by atoms with van der Waals surface area (Å²) in [5.74, 6) is -0.244. The van der Waals surface area contributed by atoms with Crippen LogP contribution in [0.4, 0.5) is 5.00 Å². The molecule has 2 aromatic heterocycles. The Kier molecular flexibility index (Phi) is 7.21. The van der Waals surface area contributed by atoms with Gasteiger partial charge < -0.3 is 19.2 Å². The molecule has 2 rings (SSSR count). The van der Waals surface area contributed by atoms with E-state index in [-0.39, 0.29) is 12.5 Å². The molecule has 0 aromatic carbocycles. The number of hydrogen-bond acceptors (Lipinski definition) is 6. The Labute approximate surface area is 151 Å². The average Bonchev–Trinajstić information content (AvgIpc) is 3.24. The zero-order valence-corrected chi connectivity index (χ0v) is 15.5. The predicted octanol–water partition coefficient (Wildman–Crippen LogP) is 4.33. The van der Waals surface area contributed by atoms with Crippen molar-refractivity contribution in [3.05, 3.63) is 29.3 Å². The second-order valence-electron chi connectivity index (χ2n) is 5.41. The van der Waals surface area contributed by atoms with Crippen LogP contribution in [-0.2, 0) is 14.3 Å². The largest absolute Gasteiger partial charge is 0.464 e. The van der Waals surface area contributed by atoms with Crippen LogP contribution in [0.3, 0.4) is 0 Å².